The maximum absolute atomic E-state index is 13.1. The van der Waals surface area contributed by atoms with Gasteiger partial charge >= 0.3 is 0 Å². The number of aromatic nitrogens is 2. The molecule has 2 aliphatic rings. The fourth-order valence-corrected chi connectivity index (χ4v) is 4.72. The second-order valence-electron chi connectivity index (χ2n) is 7.88. The minimum atomic E-state index is -0.378. The lowest BCUT2D eigenvalue weighted by Gasteiger charge is -2.45. The number of likely N-dealkylation sites (tertiary alicyclic amines) is 1. The van der Waals surface area contributed by atoms with Gasteiger partial charge in [0.1, 0.15) is 0 Å². The van der Waals surface area contributed by atoms with Crippen LogP contribution in [0, 0.1) is 0 Å². The van der Waals surface area contributed by atoms with E-state index in [1.54, 1.807) is 20.5 Å². The summed E-state index contributed by atoms with van der Waals surface area (Å²) in [4.78, 5) is 22.3. The molecule has 7 heteroatoms. The van der Waals surface area contributed by atoms with Crippen molar-refractivity contribution < 1.29 is 19.0 Å². The number of imidazole rings is 1. The monoisotopic (exact) mass is 407 g/mol. The normalized spacial score (nSPS) is 17.7. The van der Waals surface area contributed by atoms with Crippen LogP contribution in [0.3, 0.4) is 0 Å². The van der Waals surface area contributed by atoms with Crippen molar-refractivity contribution in [2.45, 2.75) is 24.9 Å². The Labute approximate surface area is 174 Å². The summed E-state index contributed by atoms with van der Waals surface area (Å²) < 4.78 is 17.3. The van der Waals surface area contributed by atoms with Crippen molar-refractivity contribution in [3.63, 3.8) is 0 Å². The molecule has 1 fully saturated rings. The molecule has 1 amide bonds. The van der Waals surface area contributed by atoms with Crippen LogP contribution in [-0.2, 0) is 16.8 Å². The van der Waals surface area contributed by atoms with Crippen molar-refractivity contribution in [1.82, 2.24) is 14.9 Å². The van der Waals surface area contributed by atoms with Gasteiger partial charge in [0.2, 0.25) is 0 Å². The fourth-order valence-electron chi connectivity index (χ4n) is 4.72. The number of ether oxygens (including phenoxy) is 3. The summed E-state index contributed by atoms with van der Waals surface area (Å²) in [7, 11) is 3.31. The molecule has 0 bridgehead atoms. The van der Waals surface area contributed by atoms with E-state index in [0.717, 1.165) is 41.6 Å². The summed E-state index contributed by atoms with van der Waals surface area (Å²) in [6, 6.07) is 9.72. The smallest absolute Gasteiger partial charge is 0.253 e. The largest absolute Gasteiger partial charge is 0.493 e. The highest BCUT2D eigenvalue weighted by molar-refractivity contribution is 5.97. The van der Waals surface area contributed by atoms with Crippen LogP contribution in [-0.4, -0.2) is 54.7 Å². The van der Waals surface area contributed by atoms with Crippen LogP contribution in [0.15, 0.2) is 36.7 Å². The number of H-pyrrole nitrogens is 1. The third-order valence-electron chi connectivity index (χ3n) is 6.38. The van der Waals surface area contributed by atoms with E-state index in [0.29, 0.717) is 31.0 Å². The molecule has 0 radical (unpaired) electrons. The van der Waals surface area contributed by atoms with Crippen LogP contribution in [0.4, 0.5) is 0 Å². The van der Waals surface area contributed by atoms with E-state index in [2.05, 4.69) is 22.1 Å². The van der Waals surface area contributed by atoms with Gasteiger partial charge in [0.15, 0.2) is 11.5 Å². The zero-order valence-electron chi connectivity index (χ0n) is 17.2. The summed E-state index contributed by atoms with van der Waals surface area (Å²) in [5.41, 5.74) is 4.44. The highest BCUT2D eigenvalue weighted by Crippen LogP contribution is 2.45. The first-order valence-corrected chi connectivity index (χ1v) is 10.3. The molecule has 2 aliphatic heterocycles. The third-order valence-corrected chi connectivity index (χ3v) is 6.38. The quantitative estimate of drug-likeness (QED) is 0.721. The molecule has 0 unspecified atom stereocenters. The van der Waals surface area contributed by atoms with Crippen LogP contribution in [0.25, 0.3) is 11.0 Å². The zero-order valence-corrected chi connectivity index (χ0v) is 17.2. The first-order chi connectivity index (χ1) is 14.6. The molecule has 1 aromatic heterocycles. The number of hydrogen-bond donors (Lipinski definition) is 1. The van der Waals surface area contributed by atoms with Crippen LogP contribution in [0.5, 0.6) is 11.5 Å². The predicted molar refractivity (Wildman–Crippen MR) is 112 cm³/mol. The Bertz CT molecular complexity index is 1100. The van der Waals surface area contributed by atoms with E-state index in [1.165, 1.54) is 5.56 Å². The van der Waals surface area contributed by atoms with Gasteiger partial charge in [-0.3, -0.25) is 4.79 Å². The van der Waals surface area contributed by atoms with Gasteiger partial charge < -0.3 is 24.1 Å². The fraction of sp³-hybridized carbons (Fsp3) is 0.391. The number of rotatable bonds is 3. The van der Waals surface area contributed by atoms with Crippen molar-refractivity contribution in [1.29, 1.82) is 0 Å². The molecule has 7 nitrogen and oxygen atoms in total. The van der Waals surface area contributed by atoms with Crippen molar-refractivity contribution >= 4 is 16.9 Å². The maximum atomic E-state index is 13.1. The zero-order chi connectivity index (χ0) is 20.7. The highest BCUT2D eigenvalue weighted by atomic mass is 16.5. The molecule has 30 heavy (non-hydrogen) atoms. The van der Waals surface area contributed by atoms with Gasteiger partial charge in [-0.2, -0.15) is 0 Å². The topological polar surface area (TPSA) is 76.7 Å². The van der Waals surface area contributed by atoms with Crippen LogP contribution < -0.4 is 9.47 Å². The number of benzene rings is 2. The van der Waals surface area contributed by atoms with E-state index in [9.17, 15) is 4.79 Å². The average molecular weight is 407 g/mol. The minimum Gasteiger partial charge on any atom is -0.493 e. The van der Waals surface area contributed by atoms with E-state index in [4.69, 9.17) is 14.2 Å². The molecule has 0 aliphatic carbocycles. The number of nitrogens with zero attached hydrogens (tertiary/aromatic N) is 2. The number of hydrogen-bond acceptors (Lipinski definition) is 5. The van der Waals surface area contributed by atoms with Gasteiger partial charge in [0.05, 0.1) is 43.8 Å². The summed E-state index contributed by atoms with van der Waals surface area (Å²) in [6.45, 7) is 1.97. The Morgan fingerprint density at radius 2 is 1.90 bits per heavy atom. The van der Waals surface area contributed by atoms with Crippen LogP contribution >= 0.6 is 0 Å². The molecule has 1 spiro atoms. The summed E-state index contributed by atoms with van der Waals surface area (Å²) >= 11 is 0. The van der Waals surface area contributed by atoms with Crippen LogP contribution in [0.1, 0.15) is 34.3 Å². The summed E-state index contributed by atoms with van der Waals surface area (Å²) in [5, 5.41) is 0. The number of piperidine rings is 1. The van der Waals surface area contributed by atoms with Gasteiger partial charge in [0, 0.05) is 18.7 Å². The number of fused-ring (bicyclic) bond motifs is 3. The van der Waals surface area contributed by atoms with Gasteiger partial charge in [-0.15, -0.1) is 0 Å². The molecule has 3 heterocycles. The molecule has 1 N–H and O–H groups in total. The second-order valence-corrected chi connectivity index (χ2v) is 7.88. The number of methoxy groups -OCH3 is 2. The average Bonchev–Trinajstić information content (AvgIpc) is 3.26. The van der Waals surface area contributed by atoms with Gasteiger partial charge in [-0.05, 0) is 60.7 Å². The van der Waals surface area contributed by atoms with E-state index in [1.807, 2.05) is 23.1 Å². The van der Waals surface area contributed by atoms with E-state index < -0.39 is 0 Å². The Hall–Kier alpha value is -3.06. The minimum absolute atomic E-state index is 0.0460. The van der Waals surface area contributed by atoms with E-state index in [-0.39, 0.29) is 11.5 Å². The summed E-state index contributed by atoms with van der Waals surface area (Å²) in [5.74, 6) is 1.51. The van der Waals surface area contributed by atoms with Gasteiger partial charge in [-0.25, -0.2) is 4.98 Å². The molecule has 5 rings (SSSR count). The Morgan fingerprint density at radius 3 is 2.67 bits per heavy atom. The standard InChI is InChI=1S/C23H25N3O4/c1-28-20-12-15-5-10-30-23(17(15)13-21(20)29-2)6-8-26(9-7-23)22(27)16-3-4-18-19(11-16)25-14-24-18/h3-4,11-14H,5-10H2,1-2H3,(H,24,25). The van der Waals surface area contributed by atoms with Crippen molar-refractivity contribution in [3.8, 4) is 11.5 Å². The van der Waals surface area contributed by atoms with Gasteiger partial charge in [-0.1, -0.05) is 0 Å². The number of nitrogens with one attached hydrogen (secondary N) is 1. The molecule has 2 aromatic carbocycles. The molecule has 156 valence electrons. The number of aromatic amines is 1. The Balaban J connectivity index is 1.38. The summed E-state index contributed by atoms with van der Waals surface area (Å²) in [6.07, 6.45) is 4.01. The van der Waals surface area contributed by atoms with Crippen molar-refractivity contribution in [2.75, 3.05) is 33.9 Å². The van der Waals surface area contributed by atoms with E-state index >= 15 is 0 Å². The first kappa shape index (κ1) is 18.9. The van der Waals surface area contributed by atoms with Gasteiger partial charge in [0.25, 0.3) is 5.91 Å². The molecule has 3 aromatic rings. The lowest BCUT2D eigenvalue weighted by Crippen LogP contribution is -2.48. The Morgan fingerprint density at radius 1 is 1.13 bits per heavy atom. The Kier molecular flexibility index (Phi) is 4.62. The molecule has 1 saturated heterocycles. The molecular formula is C23H25N3O4. The highest BCUT2D eigenvalue weighted by Gasteiger charge is 2.42. The second kappa shape index (κ2) is 7.32. The third kappa shape index (κ3) is 3.01. The number of carbonyl (C=O) groups excluding carboxylic acids is 1. The lowest BCUT2D eigenvalue weighted by atomic mass is 9.79. The maximum Gasteiger partial charge on any atom is 0.253 e. The van der Waals surface area contributed by atoms with Crippen molar-refractivity contribution in [2.24, 2.45) is 0 Å². The van der Waals surface area contributed by atoms with Crippen LogP contribution in [0.2, 0.25) is 0 Å². The SMILES string of the molecule is COc1cc2c(cc1OC)C1(CCN(C(=O)c3ccc4nc[nH]c4c3)CC1)OCC2. The predicted octanol–water partition coefficient (Wildman–Crippen LogP) is 3.28. The molecule has 0 atom stereocenters. The van der Waals surface area contributed by atoms with Crippen molar-refractivity contribution in [3.05, 3.63) is 53.3 Å². The number of amides is 1. The molecule has 0 saturated carbocycles. The first-order valence-electron chi connectivity index (χ1n) is 10.3. The lowest BCUT2D eigenvalue weighted by molar-refractivity contribution is -0.0936. The molecular weight excluding hydrogens is 382 g/mol. The number of carbonyl (C=O) groups is 1.